The zero-order valence-corrected chi connectivity index (χ0v) is 18.6. The van der Waals surface area contributed by atoms with Crippen LogP contribution in [-0.2, 0) is 11.3 Å². The lowest BCUT2D eigenvalue weighted by Crippen LogP contribution is -2.11. The quantitative estimate of drug-likeness (QED) is 0.343. The van der Waals surface area contributed by atoms with Crippen LogP contribution < -0.4 is 10.5 Å². The highest BCUT2D eigenvalue weighted by Gasteiger charge is 2.22. The number of carbonyl (C=O) groups is 2. The number of ether oxygens (including phenoxy) is 1. The maximum absolute atomic E-state index is 14.6. The van der Waals surface area contributed by atoms with E-state index in [-0.39, 0.29) is 17.9 Å². The first-order valence-corrected chi connectivity index (χ1v) is 11.0. The topological polar surface area (TPSA) is 94.6 Å². The van der Waals surface area contributed by atoms with Gasteiger partial charge in [-0.15, -0.1) is 0 Å². The number of carboxylic acids is 1. The lowest BCUT2D eigenvalue weighted by atomic mass is 10.0. The first-order chi connectivity index (χ1) is 16.9. The van der Waals surface area contributed by atoms with Crippen molar-refractivity contribution in [3.8, 4) is 16.9 Å². The Labute approximate surface area is 200 Å². The first kappa shape index (κ1) is 22.2. The number of fused-ring (bicyclic) bond motifs is 3. The first-order valence-electron chi connectivity index (χ1n) is 11.0. The van der Waals surface area contributed by atoms with Gasteiger partial charge in [-0.1, -0.05) is 54.6 Å². The summed E-state index contributed by atoms with van der Waals surface area (Å²) in [6.07, 6.45) is 0. The van der Waals surface area contributed by atoms with E-state index in [1.807, 2.05) is 47.0 Å². The molecule has 0 atom stereocenters. The number of halogens is 1. The van der Waals surface area contributed by atoms with Crippen LogP contribution in [-0.4, -0.2) is 28.2 Å². The Balaban J connectivity index is 1.88. The summed E-state index contributed by atoms with van der Waals surface area (Å²) >= 11 is 0. The van der Waals surface area contributed by atoms with Crippen molar-refractivity contribution in [2.45, 2.75) is 6.54 Å². The normalized spacial score (nSPS) is 11.1. The van der Waals surface area contributed by atoms with Gasteiger partial charge in [-0.3, -0.25) is 4.79 Å². The fraction of sp³-hybridized carbons (Fsp3) is 0.0714. The SMILES string of the molecule is NC(=O)c1cccc2c1c1c(OCC(=O)O)cc(-c3ccccc3)cc1n2Cc1ccccc1F. The molecule has 0 fully saturated rings. The van der Waals surface area contributed by atoms with E-state index in [1.165, 1.54) is 6.07 Å². The third-order valence-electron chi connectivity index (χ3n) is 5.97. The highest BCUT2D eigenvalue weighted by molar-refractivity contribution is 6.20. The Bertz CT molecular complexity index is 1590. The van der Waals surface area contributed by atoms with E-state index >= 15 is 0 Å². The Hall–Kier alpha value is -4.65. The number of aliphatic carboxylic acids is 1. The molecule has 6 nitrogen and oxygen atoms in total. The average molecular weight is 468 g/mol. The molecule has 5 aromatic rings. The Morgan fingerprint density at radius 3 is 2.31 bits per heavy atom. The maximum Gasteiger partial charge on any atom is 0.341 e. The molecule has 0 aliphatic heterocycles. The smallest absolute Gasteiger partial charge is 0.341 e. The van der Waals surface area contributed by atoms with E-state index in [0.717, 1.165) is 11.1 Å². The second kappa shape index (κ2) is 8.95. The highest BCUT2D eigenvalue weighted by Crippen LogP contribution is 2.41. The van der Waals surface area contributed by atoms with E-state index in [0.29, 0.717) is 33.1 Å². The van der Waals surface area contributed by atoms with Crippen LogP contribution in [0, 0.1) is 5.82 Å². The minimum Gasteiger partial charge on any atom is -0.481 e. The molecule has 1 amide bonds. The van der Waals surface area contributed by atoms with E-state index < -0.39 is 18.5 Å². The predicted octanol–water partition coefficient (Wildman–Crippen LogP) is 5.21. The van der Waals surface area contributed by atoms with E-state index in [4.69, 9.17) is 10.5 Å². The van der Waals surface area contributed by atoms with E-state index in [2.05, 4.69) is 0 Å². The molecule has 0 aliphatic rings. The largest absolute Gasteiger partial charge is 0.481 e. The second-order valence-corrected chi connectivity index (χ2v) is 8.16. The molecule has 0 saturated heterocycles. The van der Waals surface area contributed by atoms with Gasteiger partial charge < -0.3 is 20.1 Å². The summed E-state index contributed by atoms with van der Waals surface area (Å²) in [5.74, 6) is -1.81. The number of nitrogens with two attached hydrogens (primary N) is 1. The number of carboxylic acid groups (broad SMARTS) is 1. The molecule has 4 aromatic carbocycles. The van der Waals surface area contributed by atoms with Crippen molar-refractivity contribution in [3.05, 3.63) is 102 Å². The summed E-state index contributed by atoms with van der Waals surface area (Å²) in [5.41, 5.74) is 9.45. The number of benzene rings is 4. The Morgan fingerprint density at radius 2 is 1.60 bits per heavy atom. The minimum absolute atomic E-state index is 0.186. The van der Waals surface area contributed by atoms with Gasteiger partial charge in [0.1, 0.15) is 11.6 Å². The van der Waals surface area contributed by atoms with Gasteiger partial charge >= 0.3 is 5.97 Å². The summed E-state index contributed by atoms with van der Waals surface area (Å²) in [6.45, 7) is -0.377. The van der Waals surface area contributed by atoms with Crippen molar-refractivity contribution in [2.75, 3.05) is 6.61 Å². The zero-order chi connectivity index (χ0) is 24.5. The summed E-state index contributed by atoms with van der Waals surface area (Å²) < 4.78 is 22.3. The predicted molar refractivity (Wildman–Crippen MR) is 132 cm³/mol. The molecule has 7 heteroatoms. The van der Waals surface area contributed by atoms with Crippen LogP contribution in [0.3, 0.4) is 0 Å². The standard InChI is InChI=1S/C28H21FN2O4/c29-21-11-5-4-9-18(21)15-31-22-12-6-10-20(28(30)34)26(22)27-23(31)13-19(17-7-2-1-3-8-17)14-24(27)35-16-25(32)33/h1-14H,15-16H2,(H2,30,34)(H,32,33). The molecule has 35 heavy (non-hydrogen) atoms. The molecule has 1 heterocycles. The molecule has 0 spiro atoms. The molecule has 3 N–H and O–H groups in total. The van der Waals surface area contributed by atoms with Crippen molar-refractivity contribution in [1.82, 2.24) is 4.57 Å². The third-order valence-corrected chi connectivity index (χ3v) is 5.97. The molecule has 0 saturated carbocycles. The number of primary amides is 1. The summed E-state index contributed by atoms with van der Waals surface area (Å²) in [5, 5.41) is 10.4. The molecule has 1 aromatic heterocycles. The number of aromatic nitrogens is 1. The van der Waals surface area contributed by atoms with Crippen LogP contribution >= 0.6 is 0 Å². The molecule has 0 bridgehead atoms. The van der Waals surface area contributed by atoms with Gasteiger partial charge in [-0.05, 0) is 41.5 Å². The van der Waals surface area contributed by atoms with Crippen LogP contribution in [0.4, 0.5) is 4.39 Å². The van der Waals surface area contributed by atoms with Gasteiger partial charge in [0.15, 0.2) is 6.61 Å². The van der Waals surface area contributed by atoms with E-state index in [9.17, 15) is 19.1 Å². The monoisotopic (exact) mass is 468 g/mol. The molecule has 0 unspecified atom stereocenters. The molecule has 5 rings (SSSR count). The lowest BCUT2D eigenvalue weighted by molar-refractivity contribution is -0.139. The molecule has 0 aliphatic carbocycles. The number of hydrogen-bond donors (Lipinski definition) is 2. The van der Waals surface area contributed by atoms with Crippen molar-refractivity contribution in [2.24, 2.45) is 5.73 Å². The number of carbonyl (C=O) groups excluding carboxylic acids is 1. The van der Waals surface area contributed by atoms with Crippen molar-refractivity contribution < 1.29 is 23.8 Å². The Morgan fingerprint density at radius 1 is 0.857 bits per heavy atom. The number of nitrogens with zero attached hydrogens (tertiary/aromatic N) is 1. The molecular weight excluding hydrogens is 447 g/mol. The fourth-order valence-corrected chi connectivity index (χ4v) is 4.45. The van der Waals surface area contributed by atoms with Crippen LogP contribution in [0.15, 0.2) is 84.9 Å². The minimum atomic E-state index is -1.13. The Kier molecular flexibility index (Phi) is 5.66. The van der Waals surface area contributed by atoms with Gasteiger partial charge in [0.2, 0.25) is 5.91 Å². The maximum atomic E-state index is 14.6. The number of amides is 1. The molecule has 174 valence electrons. The number of rotatable bonds is 7. The second-order valence-electron chi connectivity index (χ2n) is 8.16. The molecule has 0 radical (unpaired) electrons. The fourth-order valence-electron chi connectivity index (χ4n) is 4.45. The summed E-state index contributed by atoms with van der Waals surface area (Å²) in [6, 6.07) is 24.9. The van der Waals surface area contributed by atoms with Gasteiger partial charge in [0.25, 0.3) is 0 Å². The van der Waals surface area contributed by atoms with Gasteiger partial charge in [-0.25, -0.2) is 9.18 Å². The van der Waals surface area contributed by atoms with Crippen LogP contribution in [0.2, 0.25) is 0 Å². The average Bonchev–Trinajstić information content (AvgIpc) is 3.18. The summed E-state index contributed by atoms with van der Waals surface area (Å²) in [4.78, 5) is 23.7. The van der Waals surface area contributed by atoms with Gasteiger partial charge in [0.05, 0.1) is 23.0 Å². The van der Waals surface area contributed by atoms with Crippen LogP contribution in [0.5, 0.6) is 5.75 Å². The molecular formula is C28H21FN2O4. The van der Waals surface area contributed by atoms with Crippen molar-refractivity contribution >= 4 is 33.7 Å². The lowest BCUT2D eigenvalue weighted by Gasteiger charge is -2.12. The van der Waals surface area contributed by atoms with Crippen LogP contribution in [0.1, 0.15) is 15.9 Å². The van der Waals surface area contributed by atoms with Crippen molar-refractivity contribution in [3.63, 3.8) is 0 Å². The highest BCUT2D eigenvalue weighted by atomic mass is 19.1. The van der Waals surface area contributed by atoms with Crippen LogP contribution in [0.25, 0.3) is 32.9 Å². The summed E-state index contributed by atoms with van der Waals surface area (Å²) in [7, 11) is 0. The third kappa shape index (κ3) is 4.08. The van der Waals surface area contributed by atoms with Gasteiger partial charge in [-0.2, -0.15) is 0 Å². The zero-order valence-electron chi connectivity index (χ0n) is 18.6. The van der Waals surface area contributed by atoms with E-state index in [1.54, 1.807) is 36.4 Å². The van der Waals surface area contributed by atoms with Gasteiger partial charge in [0, 0.05) is 16.5 Å². The van der Waals surface area contributed by atoms with Crippen molar-refractivity contribution in [1.29, 1.82) is 0 Å². The number of hydrogen-bond acceptors (Lipinski definition) is 3.